The van der Waals surface area contributed by atoms with Gasteiger partial charge in [0.2, 0.25) is 5.91 Å². The van der Waals surface area contributed by atoms with E-state index in [1.165, 1.54) is 11.8 Å². The summed E-state index contributed by atoms with van der Waals surface area (Å²) in [5.41, 5.74) is 2.40. The largest absolute Gasteiger partial charge is 0.456 e. The summed E-state index contributed by atoms with van der Waals surface area (Å²) in [4.78, 5) is 11.8. The average Bonchev–Trinajstić information content (AvgIpc) is 2.86. The molecule has 108 valence electrons. The zero-order chi connectivity index (χ0) is 14.7. The Morgan fingerprint density at radius 2 is 1.95 bits per heavy atom. The summed E-state index contributed by atoms with van der Waals surface area (Å²) in [7, 11) is 0. The molecule has 1 aromatic heterocycles. The fraction of sp³-hybridized carbons (Fsp3) is 0.188. The Morgan fingerprint density at radius 3 is 2.81 bits per heavy atom. The van der Waals surface area contributed by atoms with Gasteiger partial charge in [0.05, 0.1) is 12.4 Å². The molecule has 0 unspecified atom stereocenters. The molecule has 5 heteroatoms. The highest BCUT2D eigenvalue weighted by molar-refractivity contribution is 7.99. The van der Waals surface area contributed by atoms with Gasteiger partial charge in [-0.2, -0.15) is 0 Å². The highest BCUT2D eigenvalue weighted by Crippen LogP contribution is 2.30. The van der Waals surface area contributed by atoms with Gasteiger partial charge in [-0.15, -0.1) is 11.8 Å². The summed E-state index contributed by atoms with van der Waals surface area (Å²) in [6, 6.07) is 13.5. The first-order chi connectivity index (χ1) is 10.3. The summed E-state index contributed by atoms with van der Waals surface area (Å²) < 4.78 is 5.75. The number of furan rings is 1. The van der Waals surface area contributed by atoms with Gasteiger partial charge >= 0.3 is 0 Å². The number of nitrogens with one attached hydrogen (secondary N) is 1. The molecule has 0 aliphatic heterocycles. The number of fused-ring (bicyclic) bond motifs is 3. The maximum absolute atomic E-state index is 11.8. The van der Waals surface area contributed by atoms with Gasteiger partial charge in [0.1, 0.15) is 11.2 Å². The lowest BCUT2D eigenvalue weighted by Gasteiger charge is -2.04. The van der Waals surface area contributed by atoms with Crippen LogP contribution in [-0.4, -0.2) is 29.1 Å². The minimum Gasteiger partial charge on any atom is -0.456 e. The second-order valence-corrected chi connectivity index (χ2v) is 5.74. The number of hydrogen-bond acceptors (Lipinski definition) is 4. The predicted octanol–water partition coefficient (Wildman–Crippen LogP) is 3.25. The third-order valence-corrected chi connectivity index (χ3v) is 4.07. The van der Waals surface area contributed by atoms with Crippen LogP contribution < -0.4 is 5.32 Å². The van der Waals surface area contributed by atoms with Crippen molar-refractivity contribution in [2.45, 2.75) is 0 Å². The fourth-order valence-electron chi connectivity index (χ4n) is 2.23. The van der Waals surface area contributed by atoms with Crippen LogP contribution >= 0.6 is 11.8 Å². The first kappa shape index (κ1) is 14.0. The first-order valence-electron chi connectivity index (χ1n) is 6.67. The maximum atomic E-state index is 11.8. The molecule has 2 aromatic carbocycles. The Morgan fingerprint density at radius 1 is 1.14 bits per heavy atom. The average molecular weight is 301 g/mol. The van der Waals surface area contributed by atoms with Crippen LogP contribution in [0, 0.1) is 0 Å². The van der Waals surface area contributed by atoms with Crippen molar-refractivity contribution in [3.63, 3.8) is 0 Å². The number of aliphatic hydroxyl groups excluding tert-OH is 1. The third-order valence-electron chi connectivity index (χ3n) is 3.13. The third kappa shape index (κ3) is 3.04. The van der Waals surface area contributed by atoms with Gasteiger partial charge in [0.15, 0.2) is 0 Å². The smallest absolute Gasteiger partial charge is 0.234 e. The lowest BCUT2D eigenvalue weighted by Crippen LogP contribution is -2.14. The van der Waals surface area contributed by atoms with Crippen LogP contribution in [0.5, 0.6) is 0 Å². The number of carbonyl (C=O) groups is 1. The molecule has 21 heavy (non-hydrogen) atoms. The Balaban J connectivity index is 1.83. The van der Waals surface area contributed by atoms with Crippen molar-refractivity contribution in [2.75, 3.05) is 23.4 Å². The Hall–Kier alpha value is -1.98. The summed E-state index contributed by atoms with van der Waals surface area (Å²) >= 11 is 1.41. The molecule has 0 radical (unpaired) electrons. The van der Waals surface area contributed by atoms with Crippen LogP contribution in [0.4, 0.5) is 5.69 Å². The molecular weight excluding hydrogens is 286 g/mol. The second-order valence-electron chi connectivity index (χ2n) is 4.63. The number of anilines is 1. The van der Waals surface area contributed by atoms with Crippen molar-refractivity contribution in [1.82, 2.24) is 0 Å². The molecule has 0 saturated carbocycles. The number of aliphatic hydroxyl groups is 1. The molecule has 3 aromatic rings. The van der Waals surface area contributed by atoms with Crippen LogP contribution in [0.15, 0.2) is 46.9 Å². The van der Waals surface area contributed by atoms with Gasteiger partial charge in [0, 0.05) is 22.2 Å². The zero-order valence-electron chi connectivity index (χ0n) is 11.3. The molecule has 1 heterocycles. The van der Waals surface area contributed by atoms with Crippen LogP contribution in [0.3, 0.4) is 0 Å². The SMILES string of the molecule is O=C(CSCCO)Nc1ccc2oc3ccccc3c2c1. The number of amides is 1. The molecule has 3 rings (SSSR count). The maximum Gasteiger partial charge on any atom is 0.234 e. The molecule has 0 atom stereocenters. The molecule has 0 bridgehead atoms. The molecule has 0 spiro atoms. The van der Waals surface area contributed by atoms with E-state index in [-0.39, 0.29) is 12.5 Å². The second kappa shape index (κ2) is 6.20. The van der Waals surface area contributed by atoms with Crippen molar-refractivity contribution >= 4 is 45.3 Å². The van der Waals surface area contributed by atoms with Crippen LogP contribution in [-0.2, 0) is 4.79 Å². The number of thioether (sulfide) groups is 1. The van der Waals surface area contributed by atoms with E-state index in [4.69, 9.17) is 9.52 Å². The molecule has 2 N–H and O–H groups in total. The molecule has 0 fully saturated rings. The van der Waals surface area contributed by atoms with Crippen LogP contribution in [0.1, 0.15) is 0 Å². The predicted molar refractivity (Wildman–Crippen MR) is 86.8 cm³/mol. The van der Waals surface area contributed by atoms with Gasteiger partial charge in [-0.25, -0.2) is 0 Å². The monoisotopic (exact) mass is 301 g/mol. The summed E-state index contributed by atoms with van der Waals surface area (Å²) in [6.07, 6.45) is 0. The van der Waals surface area contributed by atoms with Gasteiger partial charge in [-0.1, -0.05) is 18.2 Å². The fourth-order valence-corrected chi connectivity index (χ4v) is 2.76. The van der Waals surface area contributed by atoms with Gasteiger partial charge in [0.25, 0.3) is 0 Å². The van der Waals surface area contributed by atoms with E-state index < -0.39 is 0 Å². The summed E-state index contributed by atoms with van der Waals surface area (Å²) in [6.45, 7) is 0.0882. The molecule has 0 aliphatic rings. The molecule has 0 aliphatic carbocycles. The van der Waals surface area contributed by atoms with Crippen molar-refractivity contribution in [3.8, 4) is 0 Å². The standard InChI is InChI=1S/C16H15NO3S/c18-7-8-21-10-16(19)17-11-5-6-15-13(9-11)12-3-1-2-4-14(12)20-15/h1-6,9,18H,7-8,10H2,(H,17,19). The Kier molecular flexibility index (Phi) is 4.13. The van der Waals surface area contributed by atoms with Crippen molar-refractivity contribution in [1.29, 1.82) is 0 Å². The van der Waals surface area contributed by atoms with E-state index in [1.807, 2.05) is 42.5 Å². The van der Waals surface area contributed by atoms with Crippen molar-refractivity contribution < 1.29 is 14.3 Å². The number of rotatable bonds is 5. The van der Waals surface area contributed by atoms with E-state index in [2.05, 4.69) is 5.32 Å². The Bertz CT molecular complexity index is 781. The van der Waals surface area contributed by atoms with Gasteiger partial charge in [-0.3, -0.25) is 4.79 Å². The van der Waals surface area contributed by atoms with Crippen molar-refractivity contribution in [3.05, 3.63) is 42.5 Å². The number of benzene rings is 2. The highest BCUT2D eigenvalue weighted by atomic mass is 32.2. The van der Waals surface area contributed by atoms with Gasteiger partial charge in [-0.05, 0) is 24.3 Å². The minimum absolute atomic E-state index is 0.0689. The number of carbonyl (C=O) groups excluding carboxylic acids is 1. The zero-order valence-corrected chi connectivity index (χ0v) is 12.2. The number of para-hydroxylation sites is 1. The molecule has 4 nitrogen and oxygen atoms in total. The summed E-state index contributed by atoms with van der Waals surface area (Å²) in [5.74, 6) is 0.837. The van der Waals surface area contributed by atoms with E-state index in [0.717, 1.165) is 27.6 Å². The first-order valence-corrected chi connectivity index (χ1v) is 7.83. The van der Waals surface area contributed by atoms with Crippen LogP contribution in [0.25, 0.3) is 21.9 Å². The van der Waals surface area contributed by atoms with E-state index in [0.29, 0.717) is 11.5 Å². The Labute approximate surface area is 126 Å². The summed E-state index contributed by atoms with van der Waals surface area (Å²) in [5, 5.41) is 13.6. The quantitative estimate of drug-likeness (QED) is 0.710. The van der Waals surface area contributed by atoms with Gasteiger partial charge < -0.3 is 14.8 Å². The van der Waals surface area contributed by atoms with E-state index in [9.17, 15) is 4.79 Å². The molecular formula is C16H15NO3S. The lowest BCUT2D eigenvalue weighted by molar-refractivity contribution is -0.113. The highest BCUT2D eigenvalue weighted by Gasteiger charge is 2.08. The van der Waals surface area contributed by atoms with E-state index >= 15 is 0 Å². The molecule has 0 saturated heterocycles. The number of hydrogen-bond donors (Lipinski definition) is 2. The normalized spacial score (nSPS) is 11.1. The lowest BCUT2D eigenvalue weighted by atomic mass is 10.1. The minimum atomic E-state index is -0.0689. The molecule has 1 amide bonds. The topological polar surface area (TPSA) is 62.5 Å². The van der Waals surface area contributed by atoms with Crippen molar-refractivity contribution in [2.24, 2.45) is 0 Å². The van der Waals surface area contributed by atoms with Crippen LogP contribution in [0.2, 0.25) is 0 Å². The van der Waals surface area contributed by atoms with E-state index in [1.54, 1.807) is 0 Å².